The number of carbonyl (C=O) groups is 1. The first-order valence-electron chi connectivity index (χ1n) is 6.94. The number of ether oxygens (including phenoxy) is 1. The van der Waals surface area contributed by atoms with Crippen LogP contribution in [0.15, 0.2) is 24.3 Å². The van der Waals surface area contributed by atoms with Crippen LogP contribution < -0.4 is 5.73 Å². The minimum absolute atomic E-state index is 0.159. The lowest BCUT2D eigenvalue weighted by molar-refractivity contribution is -0.146. The number of hydrogen-bond acceptors (Lipinski definition) is 5. The molecule has 1 atom stereocenters. The van der Waals surface area contributed by atoms with Gasteiger partial charge in [0.2, 0.25) is 10.0 Å². The van der Waals surface area contributed by atoms with Gasteiger partial charge in [-0.3, -0.25) is 4.79 Å². The fourth-order valence-corrected chi connectivity index (χ4v) is 4.28. The average Bonchev–Trinajstić information content (AvgIpc) is 2.88. The van der Waals surface area contributed by atoms with E-state index in [1.807, 2.05) is 0 Å². The summed E-state index contributed by atoms with van der Waals surface area (Å²) >= 11 is 0. The van der Waals surface area contributed by atoms with E-state index < -0.39 is 22.0 Å². The lowest BCUT2D eigenvalue weighted by atomic mass is 10.2. The van der Waals surface area contributed by atoms with Crippen molar-refractivity contribution in [3.8, 4) is 0 Å². The van der Waals surface area contributed by atoms with Crippen LogP contribution in [-0.4, -0.2) is 37.9 Å². The van der Waals surface area contributed by atoms with Crippen LogP contribution in [0.2, 0.25) is 0 Å². The number of sulfonamides is 1. The second-order valence-electron chi connectivity index (χ2n) is 5.02. The van der Waals surface area contributed by atoms with Crippen molar-refractivity contribution in [2.24, 2.45) is 0 Å². The average molecular weight is 312 g/mol. The molecule has 0 bridgehead atoms. The topological polar surface area (TPSA) is 89.7 Å². The van der Waals surface area contributed by atoms with E-state index in [1.165, 1.54) is 4.31 Å². The summed E-state index contributed by atoms with van der Waals surface area (Å²) in [6, 6.07) is 6.06. The van der Waals surface area contributed by atoms with Crippen molar-refractivity contribution in [1.29, 1.82) is 0 Å². The number of carbonyl (C=O) groups excluding carboxylic acids is 1. The van der Waals surface area contributed by atoms with Crippen LogP contribution in [0.25, 0.3) is 0 Å². The number of benzene rings is 1. The zero-order valence-corrected chi connectivity index (χ0v) is 12.8. The first-order chi connectivity index (χ1) is 9.94. The van der Waals surface area contributed by atoms with Gasteiger partial charge in [-0.1, -0.05) is 12.1 Å². The van der Waals surface area contributed by atoms with Crippen LogP contribution in [-0.2, 0) is 25.3 Å². The summed E-state index contributed by atoms with van der Waals surface area (Å²) in [4.78, 5) is 11.9. The molecule has 7 heteroatoms. The molecule has 1 aliphatic rings. The van der Waals surface area contributed by atoms with Crippen molar-refractivity contribution in [2.75, 3.05) is 18.9 Å². The SMILES string of the molecule is CCOC(=O)C1CCCN1S(=O)(=O)Cc1cccc(N)c1. The van der Waals surface area contributed by atoms with Gasteiger partial charge >= 0.3 is 5.97 Å². The van der Waals surface area contributed by atoms with E-state index in [0.29, 0.717) is 30.6 Å². The van der Waals surface area contributed by atoms with E-state index in [2.05, 4.69) is 0 Å². The van der Waals surface area contributed by atoms with Gasteiger partial charge in [0.25, 0.3) is 0 Å². The molecule has 1 fully saturated rings. The monoisotopic (exact) mass is 312 g/mol. The highest BCUT2D eigenvalue weighted by Gasteiger charge is 2.39. The second kappa shape index (κ2) is 6.44. The number of nitrogens with two attached hydrogens (primary N) is 1. The smallest absolute Gasteiger partial charge is 0.324 e. The molecule has 0 radical (unpaired) electrons. The van der Waals surface area contributed by atoms with E-state index in [0.717, 1.165) is 0 Å². The summed E-state index contributed by atoms with van der Waals surface area (Å²) in [5.41, 5.74) is 6.80. The number of rotatable bonds is 5. The number of anilines is 1. The minimum Gasteiger partial charge on any atom is -0.465 e. The standard InChI is InChI=1S/C14H20N2O4S/c1-2-20-14(17)13-7-4-8-16(13)21(18,19)10-11-5-3-6-12(15)9-11/h3,5-6,9,13H,2,4,7-8,10,15H2,1H3. The van der Waals surface area contributed by atoms with Gasteiger partial charge in [-0.05, 0) is 37.5 Å². The van der Waals surface area contributed by atoms with Crippen LogP contribution >= 0.6 is 0 Å². The third kappa shape index (κ3) is 3.74. The van der Waals surface area contributed by atoms with E-state index in [1.54, 1.807) is 31.2 Å². The molecule has 0 saturated carbocycles. The highest BCUT2D eigenvalue weighted by Crippen LogP contribution is 2.24. The molecule has 0 amide bonds. The summed E-state index contributed by atoms with van der Waals surface area (Å²) in [7, 11) is -3.57. The van der Waals surface area contributed by atoms with E-state index in [9.17, 15) is 13.2 Å². The predicted molar refractivity (Wildman–Crippen MR) is 79.8 cm³/mol. The summed E-state index contributed by atoms with van der Waals surface area (Å²) in [5, 5.41) is 0. The molecule has 0 spiro atoms. The van der Waals surface area contributed by atoms with Gasteiger partial charge < -0.3 is 10.5 Å². The van der Waals surface area contributed by atoms with Crippen molar-refractivity contribution >= 4 is 21.7 Å². The molecule has 116 valence electrons. The Labute approximate surface area is 124 Å². The second-order valence-corrected chi connectivity index (χ2v) is 6.94. The number of hydrogen-bond donors (Lipinski definition) is 1. The van der Waals surface area contributed by atoms with Gasteiger partial charge in [-0.25, -0.2) is 8.42 Å². The highest BCUT2D eigenvalue weighted by atomic mass is 32.2. The van der Waals surface area contributed by atoms with Gasteiger partial charge in [0.15, 0.2) is 0 Å². The third-order valence-corrected chi connectivity index (χ3v) is 5.27. The fourth-order valence-electron chi connectivity index (χ4n) is 2.52. The first-order valence-corrected chi connectivity index (χ1v) is 8.55. The Balaban J connectivity index is 2.16. The van der Waals surface area contributed by atoms with E-state index >= 15 is 0 Å². The zero-order chi connectivity index (χ0) is 15.5. The van der Waals surface area contributed by atoms with Gasteiger partial charge in [0, 0.05) is 12.2 Å². The van der Waals surface area contributed by atoms with Gasteiger partial charge in [0.1, 0.15) is 6.04 Å². The Morgan fingerprint density at radius 1 is 1.48 bits per heavy atom. The maximum Gasteiger partial charge on any atom is 0.324 e. The van der Waals surface area contributed by atoms with Gasteiger partial charge in [-0.2, -0.15) is 4.31 Å². The molecular weight excluding hydrogens is 292 g/mol. The van der Waals surface area contributed by atoms with Gasteiger partial charge in [-0.15, -0.1) is 0 Å². The van der Waals surface area contributed by atoms with Gasteiger partial charge in [0.05, 0.1) is 12.4 Å². The molecule has 1 aromatic rings. The summed E-state index contributed by atoms with van der Waals surface area (Å²) in [6.45, 7) is 2.31. The molecule has 1 heterocycles. The van der Waals surface area contributed by atoms with Crippen LogP contribution in [0.1, 0.15) is 25.3 Å². The molecule has 21 heavy (non-hydrogen) atoms. The molecule has 0 aliphatic carbocycles. The lowest BCUT2D eigenvalue weighted by Crippen LogP contribution is -2.41. The molecule has 1 aliphatic heterocycles. The Kier molecular flexibility index (Phi) is 4.84. The lowest BCUT2D eigenvalue weighted by Gasteiger charge is -2.22. The molecule has 0 aromatic heterocycles. The summed E-state index contributed by atoms with van der Waals surface area (Å²) < 4.78 is 31.2. The fraction of sp³-hybridized carbons (Fsp3) is 0.500. The van der Waals surface area contributed by atoms with Crippen molar-refractivity contribution in [1.82, 2.24) is 4.31 Å². The highest BCUT2D eigenvalue weighted by molar-refractivity contribution is 7.88. The zero-order valence-electron chi connectivity index (χ0n) is 12.0. The Morgan fingerprint density at radius 3 is 2.90 bits per heavy atom. The molecule has 2 rings (SSSR count). The van der Waals surface area contributed by atoms with Crippen LogP contribution in [0.3, 0.4) is 0 Å². The molecule has 1 saturated heterocycles. The van der Waals surface area contributed by atoms with Crippen molar-refractivity contribution < 1.29 is 17.9 Å². The Hall–Kier alpha value is -1.60. The largest absolute Gasteiger partial charge is 0.465 e. The molecule has 1 unspecified atom stereocenters. The molecule has 6 nitrogen and oxygen atoms in total. The number of nitrogens with zero attached hydrogens (tertiary/aromatic N) is 1. The summed E-state index contributed by atoms with van der Waals surface area (Å²) in [5.74, 6) is -0.625. The third-order valence-electron chi connectivity index (χ3n) is 3.42. The molecular formula is C14H20N2O4S. The molecule has 1 aromatic carbocycles. The van der Waals surface area contributed by atoms with E-state index in [-0.39, 0.29) is 12.4 Å². The minimum atomic E-state index is -3.57. The first kappa shape index (κ1) is 15.8. The predicted octanol–water partition coefficient (Wildman–Crippen LogP) is 1.13. The quantitative estimate of drug-likeness (QED) is 0.650. The van der Waals surface area contributed by atoms with Crippen molar-refractivity contribution in [2.45, 2.75) is 31.6 Å². The Bertz CT molecular complexity index is 615. The molecule has 2 N–H and O–H groups in total. The maximum atomic E-state index is 12.5. The van der Waals surface area contributed by atoms with E-state index in [4.69, 9.17) is 10.5 Å². The summed E-state index contributed by atoms with van der Waals surface area (Å²) in [6.07, 6.45) is 1.18. The van der Waals surface area contributed by atoms with Crippen LogP contribution in [0, 0.1) is 0 Å². The van der Waals surface area contributed by atoms with Crippen molar-refractivity contribution in [3.63, 3.8) is 0 Å². The van der Waals surface area contributed by atoms with Crippen molar-refractivity contribution in [3.05, 3.63) is 29.8 Å². The Morgan fingerprint density at radius 2 is 2.24 bits per heavy atom. The maximum absolute atomic E-state index is 12.5. The number of nitrogen functional groups attached to an aromatic ring is 1. The van der Waals surface area contributed by atoms with Crippen LogP contribution in [0.5, 0.6) is 0 Å². The van der Waals surface area contributed by atoms with Crippen LogP contribution in [0.4, 0.5) is 5.69 Å². The normalized spacial score (nSPS) is 19.6. The number of esters is 1.